The summed E-state index contributed by atoms with van der Waals surface area (Å²) in [5.41, 5.74) is 6.98. The summed E-state index contributed by atoms with van der Waals surface area (Å²) >= 11 is 0. The molecule has 5 rings (SSSR count). The number of rotatable bonds is 9. The lowest BCUT2D eigenvalue weighted by atomic mass is 10.0. The van der Waals surface area contributed by atoms with Gasteiger partial charge in [-0.05, 0) is 87.2 Å². The van der Waals surface area contributed by atoms with Crippen molar-refractivity contribution in [1.82, 2.24) is 19.4 Å². The summed E-state index contributed by atoms with van der Waals surface area (Å²) in [6, 6.07) is 25.3. The number of piperidine rings is 1. The summed E-state index contributed by atoms with van der Waals surface area (Å²) in [6.07, 6.45) is 7.54. The number of amides is 1. The van der Waals surface area contributed by atoms with E-state index in [9.17, 15) is 4.79 Å². The van der Waals surface area contributed by atoms with Crippen LogP contribution in [0.5, 0.6) is 0 Å². The maximum atomic E-state index is 13.4. The quantitative estimate of drug-likeness (QED) is 0.227. The van der Waals surface area contributed by atoms with Crippen molar-refractivity contribution in [1.29, 1.82) is 0 Å². The second kappa shape index (κ2) is 12.4. The molecule has 1 aromatic heterocycles. The smallest absolute Gasteiger partial charge is 0.247 e. The van der Waals surface area contributed by atoms with Gasteiger partial charge in [0.1, 0.15) is 5.82 Å². The lowest BCUT2D eigenvalue weighted by molar-refractivity contribution is -0.128. The second-order valence-corrected chi connectivity index (χ2v) is 11.0. The summed E-state index contributed by atoms with van der Waals surface area (Å²) in [5, 5.41) is 0. The van der Waals surface area contributed by atoms with Gasteiger partial charge in [-0.3, -0.25) is 9.69 Å². The molecule has 0 bridgehead atoms. The molecule has 3 aromatic carbocycles. The Morgan fingerprint density at radius 3 is 2.31 bits per heavy atom. The molecule has 0 saturated carbocycles. The van der Waals surface area contributed by atoms with E-state index in [0.717, 1.165) is 41.1 Å². The van der Waals surface area contributed by atoms with Gasteiger partial charge in [-0.15, -0.1) is 0 Å². The number of aromatic nitrogens is 2. The Hall–Kier alpha value is -3.70. The summed E-state index contributed by atoms with van der Waals surface area (Å²) in [4.78, 5) is 22.9. The topological polar surface area (TPSA) is 41.4 Å². The number of aryl methyl sites for hydroxylation is 1. The third-order valence-corrected chi connectivity index (χ3v) is 7.84. The molecule has 0 atom stereocenters. The Bertz CT molecular complexity index is 1440. The van der Waals surface area contributed by atoms with Crippen LogP contribution in [0.2, 0.25) is 0 Å². The van der Waals surface area contributed by atoms with Crippen LogP contribution in [0, 0.1) is 6.92 Å². The molecule has 0 N–H and O–H groups in total. The number of carbonyl (C=O) groups excluding carboxylic acids is 1. The van der Waals surface area contributed by atoms with E-state index in [-0.39, 0.29) is 11.9 Å². The van der Waals surface area contributed by atoms with Gasteiger partial charge in [0.15, 0.2) is 0 Å². The van der Waals surface area contributed by atoms with Crippen LogP contribution in [0.1, 0.15) is 61.2 Å². The Morgan fingerprint density at radius 2 is 1.56 bits per heavy atom. The van der Waals surface area contributed by atoms with Crippen LogP contribution in [-0.2, 0) is 24.4 Å². The summed E-state index contributed by atoms with van der Waals surface area (Å²) in [5.74, 6) is 0.910. The fourth-order valence-electron chi connectivity index (χ4n) is 5.52. The fourth-order valence-corrected chi connectivity index (χ4v) is 5.52. The molecule has 202 valence electrons. The van der Waals surface area contributed by atoms with Gasteiger partial charge in [0.25, 0.3) is 0 Å². The highest BCUT2D eigenvalue weighted by atomic mass is 16.2. The molecular weight excluding hydrogens is 480 g/mol. The molecule has 1 aliphatic heterocycles. The maximum Gasteiger partial charge on any atom is 0.247 e. The number of imidazole rings is 1. The van der Waals surface area contributed by atoms with E-state index in [0.29, 0.717) is 6.54 Å². The molecule has 0 unspecified atom stereocenters. The lowest BCUT2D eigenvalue weighted by Gasteiger charge is -2.28. The zero-order chi connectivity index (χ0) is 27.2. The number of carbonyl (C=O) groups is 1. The molecule has 1 amide bonds. The van der Waals surface area contributed by atoms with Crippen LogP contribution in [-0.4, -0.2) is 44.4 Å². The number of likely N-dealkylation sites (tertiary alicyclic amines) is 1. The van der Waals surface area contributed by atoms with Crippen molar-refractivity contribution < 1.29 is 4.79 Å². The van der Waals surface area contributed by atoms with Gasteiger partial charge >= 0.3 is 0 Å². The predicted molar refractivity (Wildman–Crippen MR) is 160 cm³/mol. The Balaban J connectivity index is 1.43. The first-order valence-electron chi connectivity index (χ1n) is 14.3. The van der Waals surface area contributed by atoms with E-state index in [1.807, 2.05) is 35.2 Å². The van der Waals surface area contributed by atoms with Crippen molar-refractivity contribution in [3.05, 3.63) is 107 Å². The molecule has 2 heterocycles. The number of fused-ring (bicyclic) bond motifs is 1. The van der Waals surface area contributed by atoms with Crippen LogP contribution in [0.3, 0.4) is 0 Å². The van der Waals surface area contributed by atoms with E-state index in [4.69, 9.17) is 4.98 Å². The zero-order valence-corrected chi connectivity index (χ0v) is 23.5. The maximum absolute atomic E-state index is 13.4. The normalized spacial score (nSPS) is 14.5. The molecule has 1 aliphatic rings. The Labute approximate surface area is 232 Å². The monoisotopic (exact) mass is 520 g/mol. The number of hydrogen-bond donors (Lipinski definition) is 0. The Morgan fingerprint density at radius 1 is 0.897 bits per heavy atom. The first-order valence-corrected chi connectivity index (χ1v) is 14.3. The summed E-state index contributed by atoms with van der Waals surface area (Å²) in [6.45, 7) is 10.7. The minimum Gasteiger partial charge on any atom is -0.329 e. The first-order chi connectivity index (χ1) is 19.0. The van der Waals surface area contributed by atoms with Gasteiger partial charge in [-0.25, -0.2) is 4.98 Å². The Kier molecular flexibility index (Phi) is 8.58. The van der Waals surface area contributed by atoms with Crippen molar-refractivity contribution in [2.24, 2.45) is 0 Å². The molecule has 39 heavy (non-hydrogen) atoms. The van der Waals surface area contributed by atoms with E-state index in [1.54, 1.807) is 6.08 Å². The van der Waals surface area contributed by atoms with E-state index < -0.39 is 0 Å². The highest BCUT2D eigenvalue weighted by Gasteiger charge is 2.21. The van der Waals surface area contributed by atoms with Gasteiger partial charge < -0.3 is 9.47 Å². The summed E-state index contributed by atoms with van der Waals surface area (Å²) < 4.78 is 2.30. The van der Waals surface area contributed by atoms with E-state index in [2.05, 4.69) is 78.8 Å². The van der Waals surface area contributed by atoms with E-state index in [1.165, 1.54) is 43.5 Å². The van der Waals surface area contributed by atoms with Gasteiger partial charge in [0.05, 0.1) is 17.6 Å². The van der Waals surface area contributed by atoms with Crippen molar-refractivity contribution in [3.8, 4) is 0 Å². The number of nitrogens with zero attached hydrogens (tertiary/aromatic N) is 4. The average Bonchev–Trinajstić information content (AvgIpc) is 3.29. The van der Waals surface area contributed by atoms with E-state index >= 15 is 0 Å². The molecule has 5 heteroatoms. The molecule has 4 aromatic rings. The van der Waals surface area contributed by atoms with Crippen LogP contribution in [0.25, 0.3) is 17.1 Å². The molecule has 5 nitrogen and oxygen atoms in total. The van der Waals surface area contributed by atoms with Crippen LogP contribution in [0.4, 0.5) is 0 Å². The predicted octanol–water partition coefficient (Wildman–Crippen LogP) is 6.83. The molecule has 1 fully saturated rings. The van der Waals surface area contributed by atoms with Crippen molar-refractivity contribution in [2.45, 2.75) is 65.7 Å². The van der Waals surface area contributed by atoms with Crippen molar-refractivity contribution in [2.75, 3.05) is 13.1 Å². The zero-order valence-electron chi connectivity index (χ0n) is 23.5. The SMILES string of the molecule is Cc1ccccc1/C=C/C(=O)N(Cc1nc2ccccc2n1Cc1ccccc1CN1CCCCC1)C(C)C. The summed E-state index contributed by atoms with van der Waals surface area (Å²) in [7, 11) is 0. The third-order valence-electron chi connectivity index (χ3n) is 7.84. The largest absolute Gasteiger partial charge is 0.329 e. The molecule has 0 radical (unpaired) electrons. The minimum atomic E-state index is -0.00245. The average molecular weight is 521 g/mol. The first kappa shape index (κ1) is 26.9. The lowest BCUT2D eigenvalue weighted by Crippen LogP contribution is -2.36. The second-order valence-electron chi connectivity index (χ2n) is 11.0. The van der Waals surface area contributed by atoms with Crippen LogP contribution in [0.15, 0.2) is 78.9 Å². The number of benzene rings is 3. The molecule has 1 saturated heterocycles. The van der Waals surface area contributed by atoms with Gasteiger partial charge in [-0.2, -0.15) is 0 Å². The highest BCUT2D eigenvalue weighted by Crippen LogP contribution is 2.23. The standard InChI is InChI=1S/C34H40N4O/c1-26(2)37(34(39)20-19-28-14-6-5-13-27(28)3)25-33-35-31-17-9-10-18-32(31)38(33)24-30-16-8-7-15-29(30)23-36-21-11-4-12-22-36/h5-10,13-20,26H,4,11-12,21-25H2,1-3H3/b20-19+. The minimum absolute atomic E-state index is 0.00245. The van der Waals surface area contributed by atoms with Crippen LogP contribution < -0.4 is 0 Å². The number of hydrogen-bond acceptors (Lipinski definition) is 3. The van der Waals surface area contributed by atoms with Gasteiger partial charge in [0.2, 0.25) is 5.91 Å². The van der Waals surface area contributed by atoms with Crippen molar-refractivity contribution >= 4 is 23.0 Å². The highest BCUT2D eigenvalue weighted by molar-refractivity contribution is 5.92. The molecule has 0 aliphatic carbocycles. The molecular formula is C34H40N4O. The number of para-hydroxylation sites is 2. The third kappa shape index (κ3) is 6.48. The van der Waals surface area contributed by atoms with Crippen LogP contribution >= 0.6 is 0 Å². The van der Waals surface area contributed by atoms with Crippen molar-refractivity contribution in [3.63, 3.8) is 0 Å². The molecule has 0 spiro atoms. The fraction of sp³-hybridized carbons (Fsp3) is 0.353. The van der Waals surface area contributed by atoms with Gasteiger partial charge in [-0.1, -0.05) is 67.1 Å². The van der Waals surface area contributed by atoms with Gasteiger partial charge in [0, 0.05) is 25.2 Å².